The molecule has 0 spiro atoms. The van der Waals surface area contributed by atoms with E-state index in [0.29, 0.717) is 6.42 Å². The second kappa shape index (κ2) is 7.16. The van der Waals surface area contributed by atoms with E-state index >= 15 is 0 Å². The molecule has 2 N–H and O–H groups in total. The van der Waals surface area contributed by atoms with Crippen molar-refractivity contribution in [1.82, 2.24) is 5.32 Å². The molecule has 1 unspecified atom stereocenters. The summed E-state index contributed by atoms with van der Waals surface area (Å²) in [4.78, 5) is 24.4. The zero-order valence-corrected chi connectivity index (χ0v) is 11.5. The summed E-state index contributed by atoms with van der Waals surface area (Å²) in [6.45, 7) is 4.02. The highest BCUT2D eigenvalue weighted by Crippen LogP contribution is 2.16. The van der Waals surface area contributed by atoms with Crippen LogP contribution in [0, 0.1) is 6.92 Å². The van der Waals surface area contributed by atoms with E-state index in [1.807, 2.05) is 6.92 Å². The highest BCUT2D eigenvalue weighted by Gasteiger charge is 2.09. The van der Waals surface area contributed by atoms with E-state index in [-0.39, 0.29) is 24.8 Å². The van der Waals surface area contributed by atoms with Crippen LogP contribution in [0.1, 0.15) is 35.9 Å². The molecule has 18 heavy (non-hydrogen) atoms. The number of carboxylic acids is 1. The Labute approximate surface area is 111 Å². The zero-order valence-electron chi connectivity index (χ0n) is 10.7. The minimum atomic E-state index is -0.857. The topological polar surface area (TPSA) is 66.4 Å². The van der Waals surface area contributed by atoms with Gasteiger partial charge in [-0.1, -0.05) is 0 Å². The molecule has 0 aliphatic carbocycles. The molecule has 1 aromatic rings. The number of thiophene rings is 1. The molecule has 100 valence electrons. The van der Waals surface area contributed by atoms with Crippen molar-refractivity contribution >= 4 is 23.2 Å². The smallest absolute Gasteiger partial charge is 0.303 e. The highest BCUT2D eigenvalue weighted by molar-refractivity contribution is 7.11. The molecule has 0 aliphatic rings. The molecule has 1 heterocycles. The van der Waals surface area contributed by atoms with Crippen LogP contribution >= 0.6 is 11.3 Å². The number of nitrogens with one attached hydrogen (secondary N) is 1. The van der Waals surface area contributed by atoms with Crippen molar-refractivity contribution < 1.29 is 14.7 Å². The van der Waals surface area contributed by atoms with Gasteiger partial charge in [-0.15, -0.1) is 11.3 Å². The summed E-state index contributed by atoms with van der Waals surface area (Å²) in [5.41, 5.74) is 0. The summed E-state index contributed by atoms with van der Waals surface area (Å²) in [6.07, 6.45) is 1.54. The average Bonchev–Trinajstić information content (AvgIpc) is 2.62. The van der Waals surface area contributed by atoms with Crippen LogP contribution in [0.2, 0.25) is 0 Å². The molecule has 0 fully saturated rings. The third kappa shape index (κ3) is 5.82. The fourth-order valence-electron chi connectivity index (χ4n) is 1.69. The normalized spacial score (nSPS) is 12.1. The van der Waals surface area contributed by atoms with Crippen LogP contribution in [0.25, 0.3) is 0 Å². The van der Waals surface area contributed by atoms with Crippen LogP contribution in [0.15, 0.2) is 12.1 Å². The van der Waals surface area contributed by atoms with Crippen molar-refractivity contribution in [2.24, 2.45) is 0 Å². The van der Waals surface area contributed by atoms with Gasteiger partial charge in [-0.2, -0.15) is 0 Å². The number of hydrogen-bond acceptors (Lipinski definition) is 3. The maximum Gasteiger partial charge on any atom is 0.303 e. The van der Waals surface area contributed by atoms with E-state index in [0.717, 1.165) is 6.42 Å². The largest absolute Gasteiger partial charge is 0.481 e. The first kappa shape index (κ1) is 14.7. The van der Waals surface area contributed by atoms with Crippen LogP contribution in [0.5, 0.6) is 0 Å². The maximum absolute atomic E-state index is 11.5. The second-order valence-electron chi connectivity index (χ2n) is 4.43. The van der Waals surface area contributed by atoms with Crippen molar-refractivity contribution in [2.75, 3.05) is 0 Å². The summed E-state index contributed by atoms with van der Waals surface area (Å²) in [7, 11) is 0. The fourth-order valence-corrected chi connectivity index (χ4v) is 2.71. The Morgan fingerprint density at radius 3 is 2.67 bits per heavy atom. The molecule has 1 rings (SSSR count). The molecule has 0 aliphatic heterocycles. The van der Waals surface area contributed by atoms with Gasteiger partial charge in [-0.3, -0.25) is 9.59 Å². The molecule has 5 heteroatoms. The van der Waals surface area contributed by atoms with Gasteiger partial charge < -0.3 is 10.4 Å². The van der Waals surface area contributed by atoms with Gasteiger partial charge in [-0.05, 0) is 32.4 Å². The van der Waals surface area contributed by atoms with Gasteiger partial charge >= 0.3 is 5.97 Å². The molecule has 0 saturated carbocycles. The molecule has 0 radical (unpaired) electrons. The van der Waals surface area contributed by atoms with Gasteiger partial charge in [0.25, 0.3) is 0 Å². The Balaban J connectivity index is 2.25. The predicted molar refractivity (Wildman–Crippen MR) is 71.9 cm³/mol. The van der Waals surface area contributed by atoms with Gasteiger partial charge in [-0.25, -0.2) is 0 Å². The number of amides is 1. The third-order valence-corrected chi connectivity index (χ3v) is 3.53. The van der Waals surface area contributed by atoms with E-state index in [2.05, 4.69) is 24.4 Å². The number of carboxylic acid groups (broad SMARTS) is 1. The van der Waals surface area contributed by atoms with Gasteiger partial charge in [0, 0.05) is 35.1 Å². The van der Waals surface area contributed by atoms with E-state index in [9.17, 15) is 9.59 Å². The lowest BCUT2D eigenvalue weighted by atomic mass is 10.2. The lowest BCUT2D eigenvalue weighted by Gasteiger charge is -2.12. The summed E-state index contributed by atoms with van der Waals surface area (Å²) >= 11 is 1.74. The molecular weight excluding hydrogens is 250 g/mol. The first-order valence-corrected chi connectivity index (χ1v) is 6.85. The number of aliphatic carboxylic acids is 1. The Bertz CT molecular complexity index is 414. The molecule has 0 bridgehead atoms. The molecule has 0 saturated heterocycles. The second-order valence-corrected chi connectivity index (χ2v) is 5.80. The van der Waals surface area contributed by atoms with Gasteiger partial charge in [0.05, 0.1) is 0 Å². The fraction of sp³-hybridized carbons (Fsp3) is 0.538. The zero-order chi connectivity index (χ0) is 13.5. The minimum absolute atomic E-state index is 0.0475. The molecule has 1 atom stereocenters. The van der Waals surface area contributed by atoms with Gasteiger partial charge in [0.2, 0.25) is 5.91 Å². The van der Waals surface area contributed by atoms with Gasteiger partial charge in [0.1, 0.15) is 0 Å². The average molecular weight is 269 g/mol. The Hall–Kier alpha value is -1.36. The Morgan fingerprint density at radius 1 is 1.39 bits per heavy atom. The lowest BCUT2D eigenvalue weighted by Crippen LogP contribution is -2.33. The van der Waals surface area contributed by atoms with Crippen LogP contribution < -0.4 is 5.32 Å². The van der Waals surface area contributed by atoms with Crippen LogP contribution in [-0.2, 0) is 16.0 Å². The Kier molecular flexibility index (Phi) is 5.85. The SMILES string of the molecule is Cc1ccc(CC(C)NC(=O)CCCC(=O)O)s1. The summed E-state index contributed by atoms with van der Waals surface area (Å²) in [5.74, 6) is -0.929. The summed E-state index contributed by atoms with van der Waals surface area (Å²) < 4.78 is 0. The van der Waals surface area contributed by atoms with Crippen molar-refractivity contribution in [1.29, 1.82) is 0 Å². The number of rotatable bonds is 7. The number of hydrogen-bond donors (Lipinski definition) is 2. The van der Waals surface area contributed by atoms with E-state index in [4.69, 9.17) is 5.11 Å². The maximum atomic E-state index is 11.5. The monoisotopic (exact) mass is 269 g/mol. The first-order chi connectivity index (χ1) is 8.47. The van der Waals surface area contributed by atoms with Crippen LogP contribution in [0.3, 0.4) is 0 Å². The van der Waals surface area contributed by atoms with Crippen molar-refractivity contribution in [3.05, 3.63) is 21.9 Å². The third-order valence-electron chi connectivity index (χ3n) is 2.51. The van der Waals surface area contributed by atoms with Gasteiger partial charge in [0.15, 0.2) is 0 Å². The number of carbonyl (C=O) groups excluding carboxylic acids is 1. The van der Waals surface area contributed by atoms with E-state index in [1.54, 1.807) is 11.3 Å². The van der Waals surface area contributed by atoms with Crippen molar-refractivity contribution in [2.45, 2.75) is 45.6 Å². The summed E-state index contributed by atoms with van der Waals surface area (Å²) in [6, 6.07) is 4.23. The lowest BCUT2D eigenvalue weighted by molar-refractivity contribution is -0.137. The molecule has 1 amide bonds. The predicted octanol–water partition coefficient (Wildman–Crippen LogP) is 2.36. The van der Waals surface area contributed by atoms with Crippen LogP contribution in [-0.4, -0.2) is 23.0 Å². The first-order valence-electron chi connectivity index (χ1n) is 6.04. The standard InChI is InChI=1S/C13H19NO3S/c1-9(8-11-7-6-10(2)18-11)14-12(15)4-3-5-13(16)17/h6-7,9H,3-5,8H2,1-2H3,(H,14,15)(H,16,17). The van der Waals surface area contributed by atoms with Crippen LogP contribution in [0.4, 0.5) is 0 Å². The highest BCUT2D eigenvalue weighted by atomic mass is 32.1. The molecule has 4 nitrogen and oxygen atoms in total. The molecule has 1 aromatic heterocycles. The molecular formula is C13H19NO3S. The quantitative estimate of drug-likeness (QED) is 0.798. The number of carbonyl (C=O) groups is 2. The van der Waals surface area contributed by atoms with E-state index < -0.39 is 5.97 Å². The Morgan fingerprint density at radius 2 is 2.11 bits per heavy atom. The number of aryl methyl sites for hydroxylation is 1. The van der Waals surface area contributed by atoms with Crippen molar-refractivity contribution in [3.63, 3.8) is 0 Å². The van der Waals surface area contributed by atoms with Crippen molar-refractivity contribution in [3.8, 4) is 0 Å². The van der Waals surface area contributed by atoms with E-state index in [1.165, 1.54) is 9.75 Å². The summed E-state index contributed by atoms with van der Waals surface area (Å²) in [5, 5.41) is 11.4. The molecule has 0 aromatic carbocycles. The minimum Gasteiger partial charge on any atom is -0.481 e.